The summed E-state index contributed by atoms with van der Waals surface area (Å²) in [7, 11) is 0. The summed E-state index contributed by atoms with van der Waals surface area (Å²) < 4.78 is 5.46. The molecule has 1 N–H and O–H groups in total. The molecule has 4 rings (SSSR count). The number of para-hydroxylation sites is 1. The number of rotatable bonds is 4. The molecule has 130 valence electrons. The minimum absolute atomic E-state index is 0.452. The first-order valence-corrected chi connectivity index (χ1v) is 8.57. The number of aromatic nitrogens is 4. The van der Waals surface area contributed by atoms with Crippen molar-refractivity contribution in [3.05, 3.63) is 59.7 Å². The fourth-order valence-corrected chi connectivity index (χ4v) is 2.82. The van der Waals surface area contributed by atoms with Crippen LogP contribution in [-0.2, 0) is 6.42 Å². The van der Waals surface area contributed by atoms with Crippen LogP contribution in [0.1, 0.15) is 24.0 Å². The molecule has 0 radical (unpaired) electrons. The monoisotopic (exact) mass is 345 g/mol. The highest BCUT2D eigenvalue weighted by molar-refractivity contribution is 5.98. The van der Waals surface area contributed by atoms with E-state index >= 15 is 0 Å². The molecule has 4 aromatic rings. The molecule has 0 saturated heterocycles. The van der Waals surface area contributed by atoms with Crippen molar-refractivity contribution < 1.29 is 4.52 Å². The number of fused-ring (bicyclic) bond motifs is 1. The van der Waals surface area contributed by atoms with Crippen LogP contribution in [0.2, 0.25) is 0 Å². The van der Waals surface area contributed by atoms with Crippen molar-refractivity contribution in [3.63, 3.8) is 0 Å². The van der Waals surface area contributed by atoms with Crippen molar-refractivity contribution >= 4 is 22.4 Å². The van der Waals surface area contributed by atoms with Gasteiger partial charge < -0.3 is 9.84 Å². The van der Waals surface area contributed by atoms with Gasteiger partial charge in [-0.05, 0) is 37.6 Å². The highest BCUT2D eigenvalue weighted by atomic mass is 16.5. The summed E-state index contributed by atoms with van der Waals surface area (Å²) in [5.41, 5.74) is 5.38. The predicted molar refractivity (Wildman–Crippen MR) is 101 cm³/mol. The van der Waals surface area contributed by atoms with Crippen LogP contribution in [0.5, 0.6) is 0 Å². The molecule has 0 spiro atoms. The predicted octanol–water partition coefficient (Wildman–Crippen LogP) is 4.60. The number of hydrogen-bond acceptors (Lipinski definition) is 6. The van der Waals surface area contributed by atoms with E-state index in [-0.39, 0.29) is 0 Å². The lowest BCUT2D eigenvalue weighted by Crippen LogP contribution is -1.99. The van der Waals surface area contributed by atoms with Gasteiger partial charge in [-0.2, -0.15) is 4.98 Å². The van der Waals surface area contributed by atoms with Gasteiger partial charge in [-0.15, -0.1) is 0 Å². The zero-order valence-corrected chi connectivity index (χ0v) is 14.9. The summed E-state index contributed by atoms with van der Waals surface area (Å²) in [5, 5.41) is 8.44. The molecule has 6 nitrogen and oxygen atoms in total. The van der Waals surface area contributed by atoms with Gasteiger partial charge in [0.15, 0.2) is 11.5 Å². The van der Waals surface area contributed by atoms with Crippen molar-refractivity contribution in [2.75, 3.05) is 5.32 Å². The number of nitrogens with one attached hydrogen (secondary N) is 1. The molecular weight excluding hydrogens is 326 g/mol. The summed E-state index contributed by atoms with van der Waals surface area (Å²) in [6, 6.07) is 12.1. The first kappa shape index (κ1) is 16.2. The van der Waals surface area contributed by atoms with Crippen LogP contribution in [0.4, 0.5) is 11.4 Å². The molecule has 0 aliphatic heterocycles. The van der Waals surface area contributed by atoms with E-state index in [1.807, 2.05) is 44.2 Å². The van der Waals surface area contributed by atoms with E-state index in [1.165, 1.54) is 0 Å². The van der Waals surface area contributed by atoms with Crippen LogP contribution in [0, 0.1) is 13.8 Å². The summed E-state index contributed by atoms with van der Waals surface area (Å²) in [6.07, 6.45) is 2.45. The Morgan fingerprint density at radius 2 is 1.88 bits per heavy atom. The van der Waals surface area contributed by atoms with Gasteiger partial charge in [0, 0.05) is 29.4 Å². The number of aryl methyl sites for hydroxylation is 3. The van der Waals surface area contributed by atoms with Crippen LogP contribution in [0.15, 0.2) is 47.1 Å². The van der Waals surface area contributed by atoms with Crippen LogP contribution >= 0.6 is 0 Å². The fraction of sp³-hybridized carbons (Fsp3) is 0.200. The minimum atomic E-state index is 0.452. The molecule has 0 saturated carbocycles. The molecular formula is C20H19N5O. The zero-order valence-electron chi connectivity index (χ0n) is 14.9. The summed E-state index contributed by atoms with van der Waals surface area (Å²) in [4.78, 5) is 13.5. The maximum atomic E-state index is 5.46. The largest absolute Gasteiger partial charge is 0.354 e. The Kier molecular flexibility index (Phi) is 4.08. The van der Waals surface area contributed by atoms with Gasteiger partial charge in [0.25, 0.3) is 5.89 Å². The molecule has 0 aliphatic rings. The minimum Gasteiger partial charge on any atom is -0.354 e. The number of benzene rings is 1. The molecule has 1 aromatic carbocycles. The molecule has 3 heterocycles. The molecule has 0 fully saturated rings. The van der Waals surface area contributed by atoms with Crippen molar-refractivity contribution in [1.29, 1.82) is 0 Å². The Morgan fingerprint density at radius 1 is 1.04 bits per heavy atom. The second-order valence-corrected chi connectivity index (χ2v) is 6.18. The van der Waals surface area contributed by atoms with E-state index in [9.17, 15) is 0 Å². The van der Waals surface area contributed by atoms with Crippen LogP contribution in [-0.4, -0.2) is 20.1 Å². The van der Waals surface area contributed by atoms with Crippen LogP contribution in [0.25, 0.3) is 22.5 Å². The van der Waals surface area contributed by atoms with Gasteiger partial charge in [0.2, 0.25) is 0 Å². The van der Waals surface area contributed by atoms with Crippen LogP contribution < -0.4 is 5.32 Å². The molecule has 26 heavy (non-hydrogen) atoms. The maximum Gasteiger partial charge on any atom is 0.261 e. The Labute approximate surface area is 151 Å². The number of anilines is 2. The molecule has 0 atom stereocenters. The Morgan fingerprint density at radius 3 is 2.65 bits per heavy atom. The molecule has 0 bridgehead atoms. The van der Waals surface area contributed by atoms with E-state index in [0.29, 0.717) is 23.8 Å². The van der Waals surface area contributed by atoms with Gasteiger partial charge in [-0.25, -0.2) is 9.97 Å². The zero-order chi connectivity index (χ0) is 18.1. The van der Waals surface area contributed by atoms with Gasteiger partial charge in [0.1, 0.15) is 0 Å². The molecule has 6 heteroatoms. The van der Waals surface area contributed by atoms with E-state index in [2.05, 4.69) is 38.4 Å². The normalized spacial score (nSPS) is 11.0. The van der Waals surface area contributed by atoms with Crippen molar-refractivity contribution in [2.45, 2.75) is 27.2 Å². The molecule has 0 unspecified atom stereocenters. The first-order valence-electron chi connectivity index (χ1n) is 8.57. The van der Waals surface area contributed by atoms with Crippen LogP contribution in [0.3, 0.4) is 0 Å². The number of hydrogen-bond donors (Lipinski definition) is 1. The van der Waals surface area contributed by atoms with Gasteiger partial charge in [0.05, 0.1) is 11.3 Å². The lowest BCUT2D eigenvalue weighted by atomic mass is 10.1. The highest BCUT2D eigenvalue weighted by Crippen LogP contribution is 2.35. The van der Waals surface area contributed by atoms with Crippen molar-refractivity contribution in [2.24, 2.45) is 0 Å². The topological polar surface area (TPSA) is 76.7 Å². The highest BCUT2D eigenvalue weighted by Gasteiger charge is 2.17. The average molecular weight is 345 g/mol. The second-order valence-electron chi connectivity index (χ2n) is 6.18. The third kappa shape index (κ3) is 2.90. The maximum absolute atomic E-state index is 5.46. The summed E-state index contributed by atoms with van der Waals surface area (Å²) in [5.74, 6) is 1.12. The lowest BCUT2D eigenvalue weighted by Gasteiger charge is -2.14. The second kappa shape index (κ2) is 6.55. The summed E-state index contributed by atoms with van der Waals surface area (Å²) >= 11 is 0. The molecule has 0 amide bonds. The standard InChI is InChI=1S/C20H19N5O/c1-4-17-24-20(26-25-17)15-11-21-19-14(10-9-13(3)22-19)18(15)23-16-8-6-5-7-12(16)2/h5-11H,4H2,1-3H3,(H,21,22,23). The number of nitrogens with zero attached hydrogens (tertiary/aromatic N) is 4. The van der Waals surface area contributed by atoms with Gasteiger partial charge >= 0.3 is 0 Å². The summed E-state index contributed by atoms with van der Waals surface area (Å²) in [6.45, 7) is 6.01. The van der Waals surface area contributed by atoms with E-state index in [0.717, 1.165) is 33.6 Å². The SMILES string of the molecule is CCc1noc(-c2cnc3nc(C)ccc3c2Nc2ccccc2C)n1. The molecule has 0 aliphatic carbocycles. The third-order valence-corrected chi connectivity index (χ3v) is 4.29. The molecule has 3 aromatic heterocycles. The Bertz CT molecular complexity index is 1090. The Balaban J connectivity index is 1.93. The van der Waals surface area contributed by atoms with E-state index in [4.69, 9.17) is 4.52 Å². The van der Waals surface area contributed by atoms with Crippen molar-refractivity contribution in [1.82, 2.24) is 20.1 Å². The van der Waals surface area contributed by atoms with E-state index < -0.39 is 0 Å². The quantitative estimate of drug-likeness (QED) is 0.582. The fourth-order valence-electron chi connectivity index (χ4n) is 2.82. The number of pyridine rings is 2. The Hall–Kier alpha value is -3.28. The van der Waals surface area contributed by atoms with Crippen molar-refractivity contribution in [3.8, 4) is 11.5 Å². The van der Waals surface area contributed by atoms with Gasteiger partial charge in [-0.1, -0.05) is 30.3 Å². The third-order valence-electron chi connectivity index (χ3n) is 4.29. The van der Waals surface area contributed by atoms with Gasteiger partial charge in [-0.3, -0.25) is 0 Å². The van der Waals surface area contributed by atoms with E-state index in [1.54, 1.807) is 6.20 Å². The first-order chi connectivity index (χ1) is 12.7. The smallest absolute Gasteiger partial charge is 0.261 e. The lowest BCUT2D eigenvalue weighted by molar-refractivity contribution is 0.423. The average Bonchev–Trinajstić information content (AvgIpc) is 3.12.